The molecule has 0 saturated carbocycles. The Morgan fingerprint density at radius 3 is 2.69 bits per heavy atom. The first-order valence-electron chi connectivity index (χ1n) is 8.07. The summed E-state index contributed by atoms with van der Waals surface area (Å²) in [7, 11) is 0. The number of thiophene rings is 1. The first-order chi connectivity index (χ1) is 12.5. The molecule has 134 valence electrons. The molecule has 0 spiro atoms. The molecule has 1 aromatic carbocycles. The number of benzene rings is 1. The molecule has 0 bridgehead atoms. The average Bonchev–Trinajstić information content (AvgIpc) is 3.30. The van der Waals surface area contributed by atoms with E-state index in [0.29, 0.717) is 11.7 Å². The number of hydrogen-bond acceptors (Lipinski definition) is 6. The number of amides is 1. The third-order valence-electron chi connectivity index (χ3n) is 3.69. The maximum absolute atomic E-state index is 12.2. The van der Waals surface area contributed by atoms with E-state index >= 15 is 0 Å². The highest BCUT2D eigenvalue weighted by Crippen LogP contribution is 2.22. The second-order valence-electron chi connectivity index (χ2n) is 5.67. The predicted molar refractivity (Wildman–Crippen MR) is 97.8 cm³/mol. The summed E-state index contributed by atoms with van der Waals surface area (Å²) in [6.45, 7) is 3.13. The third-order valence-corrected chi connectivity index (χ3v) is 4.75. The van der Waals surface area contributed by atoms with Crippen LogP contribution in [0.15, 0.2) is 52.3 Å². The van der Waals surface area contributed by atoms with Gasteiger partial charge in [-0.05, 0) is 37.4 Å². The number of esters is 1. The second-order valence-corrected chi connectivity index (χ2v) is 6.65. The monoisotopic (exact) mass is 370 g/mol. The Balaban J connectivity index is 1.58. The van der Waals surface area contributed by atoms with Crippen LogP contribution in [0.4, 0.5) is 0 Å². The Morgan fingerprint density at radius 2 is 2.00 bits per heavy atom. The zero-order chi connectivity index (χ0) is 18.5. The van der Waals surface area contributed by atoms with Gasteiger partial charge in [-0.3, -0.25) is 4.79 Å². The van der Waals surface area contributed by atoms with Crippen molar-refractivity contribution in [3.8, 4) is 11.5 Å². The molecule has 0 unspecified atom stereocenters. The molecule has 0 aliphatic heterocycles. The highest BCUT2D eigenvalue weighted by atomic mass is 32.1. The number of nitrogens with one attached hydrogen (secondary N) is 1. The number of aryl methyl sites for hydroxylation is 1. The van der Waals surface area contributed by atoms with Crippen molar-refractivity contribution in [1.29, 1.82) is 0 Å². The van der Waals surface area contributed by atoms with Gasteiger partial charge in [0.1, 0.15) is 5.76 Å². The Bertz CT molecular complexity index is 888. The van der Waals surface area contributed by atoms with Gasteiger partial charge in [0, 0.05) is 10.4 Å². The van der Waals surface area contributed by atoms with Crippen LogP contribution in [-0.2, 0) is 9.53 Å². The van der Waals surface area contributed by atoms with Crippen LogP contribution in [-0.4, -0.2) is 23.5 Å². The summed E-state index contributed by atoms with van der Waals surface area (Å²) < 4.78 is 10.6. The Labute approximate surface area is 154 Å². The molecule has 1 amide bonds. The van der Waals surface area contributed by atoms with E-state index in [1.165, 1.54) is 0 Å². The van der Waals surface area contributed by atoms with Crippen molar-refractivity contribution in [2.45, 2.75) is 19.9 Å². The van der Waals surface area contributed by atoms with Crippen molar-refractivity contribution in [3.63, 3.8) is 0 Å². The molecule has 0 saturated heterocycles. The van der Waals surface area contributed by atoms with E-state index in [-0.39, 0.29) is 24.2 Å². The Kier molecular flexibility index (Phi) is 5.48. The quantitative estimate of drug-likeness (QED) is 0.669. The van der Waals surface area contributed by atoms with Crippen LogP contribution in [0.3, 0.4) is 0 Å². The number of nitrogens with zero attached hydrogens (tertiary/aromatic N) is 1. The van der Waals surface area contributed by atoms with E-state index in [1.807, 2.05) is 54.8 Å². The molecule has 1 N–H and O–H groups in total. The van der Waals surface area contributed by atoms with Gasteiger partial charge in [0.2, 0.25) is 5.89 Å². The fourth-order valence-electron chi connectivity index (χ4n) is 2.38. The zero-order valence-electron chi connectivity index (χ0n) is 14.4. The molecule has 3 aromatic rings. The molecule has 2 heterocycles. The lowest BCUT2D eigenvalue weighted by Gasteiger charge is -2.12. The van der Waals surface area contributed by atoms with Gasteiger partial charge in [0.05, 0.1) is 6.04 Å². The molecule has 26 heavy (non-hydrogen) atoms. The number of aromatic nitrogens is 1. The van der Waals surface area contributed by atoms with Gasteiger partial charge in [-0.15, -0.1) is 11.3 Å². The molecule has 3 rings (SSSR count). The summed E-state index contributed by atoms with van der Waals surface area (Å²) >= 11 is 1.55. The fraction of sp³-hybridized carbons (Fsp3) is 0.211. The van der Waals surface area contributed by atoms with E-state index in [1.54, 1.807) is 18.3 Å². The first-order valence-corrected chi connectivity index (χ1v) is 8.95. The number of rotatable bonds is 6. The van der Waals surface area contributed by atoms with Crippen LogP contribution >= 0.6 is 11.3 Å². The summed E-state index contributed by atoms with van der Waals surface area (Å²) in [6, 6.07) is 13.0. The third kappa shape index (κ3) is 4.18. The summed E-state index contributed by atoms with van der Waals surface area (Å²) in [6.07, 6.45) is 0. The second kappa shape index (κ2) is 7.97. The molecule has 1 atom stereocenters. The van der Waals surface area contributed by atoms with Gasteiger partial charge < -0.3 is 14.5 Å². The first kappa shape index (κ1) is 17.9. The van der Waals surface area contributed by atoms with E-state index in [9.17, 15) is 9.59 Å². The molecule has 2 aromatic heterocycles. The molecular formula is C19H18N2O4S. The van der Waals surface area contributed by atoms with Crippen molar-refractivity contribution in [2.75, 3.05) is 6.61 Å². The van der Waals surface area contributed by atoms with Gasteiger partial charge >= 0.3 is 5.97 Å². The lowest BCUT2D eigenvalue weighted by Crippen LogP contribution is -2.30. The van der Waals surface area contributed by atoms with Gasteiger partial charge in [-0.2, -0.15) is 0 Å². The van der Waals surface area contributed by atoms with Crippen molar-refractivity contribution in [3.05, 3.63) is 64.2 Å². The molecule has 0 aliphatic rings. The van der Waals surface area contributed by atoms with Gasteiger partial charge in [-0.25, -0.2) is 9.78 Å². The standard InChI is InChI=1S/C19H18N2O4S/c1-12(15-9-6-10-26-15)20-16(22)11-24-19(23)17-13(2)25-18(21-17)14-7-4-3-5-8-14/h3-10,12H,11H2,1-2H3,(H,20,22)/t12-/m0/s1. The summed E-state index contributed by atoms with van der Waals surface area (Å²) in [5.74, 6) is -0.372. The number of hydrogen-bond donors (Lipinski definition) is 1. The minimum atomic E-state index is -0.688. The van der Waals surface area contributed by atoms with Gasteiger partial charge in [0.15, 0.2) is 12.3 Å². The Morgan fingerprint density at radius 1 is 1.23 bits per heavy atom. The average molecular weight is 370 g/mol. The van der Waals surface area contributed by atoms with E-state index in [0.717, 1.165) is 10.4 Å². The lowest BCUT2D eigenvalue weighted by atomic mass is 10.2. The number of oxazole rings is 1. The summed E-state index contributed by atoms with van der Waals surface area (Å²) in [5.41, 5.74) is 0.833. The van der Waals surface area contributed by atoms with Crippen LogP contribution in [0.2, 0.25) is 0 Å². The van der Waals surface area contributed by atoms with Crippen molar-refractivity contribution >= 4 is 23.2 Å². The van der Waals surface area contributed by atoms with Gasteiger partial charge in [-0.1, -0.05) is 24.3 Å². The maximum Gasteiger partial charge on any atom is 0.361 e. The van der Waals surface area contributed by atoms with Crippen LogP contribution in [0.5, 0.6) is 0 Å². The topological polar surface area (TPSA) is 81.4 Å². The number of ether oxygens (including phenoxy) is 1. The minimum absolute atomic E-state index is 0.0722. The molecule has 0 aliphatic carbocycles. The zero-order valence-corrected chi connectivity index (χ0v) is 15.2. The van der Waals surface area contributed by atoms with Crippen LogP contribution in [0.25, 0.3) is 11.5 Å². The normalized spacial score (nSPS) is 11.8. The smallest absolute Gasteiger partial charge is 0.361 e. The van der Waals surface area contributed by atoms with Crippen LogP contribution < -0.4 is 5.32 Å². The fourth-order valence-corrected chi connectivity index (χ4v) is 3.12. The number of carbonyl (C=O) groups excluding carboxylic acids is 2. The van der Waals surface area contributed by atoms with E-state index in [4.69, 9.17) is 9.15 Å². The minimum Gasteiger partial charge on any atom is -0.451 e. The van der Waals surface area contributed by atoms with Crippen molar-refractivity contribution in [1.82, 2.24) is 10.3 Å². The largest absolute Gasteiger partial charge is 0.451 e. The highest BCUT2D eigenvalue weighted by molar-refractivity contribution is 7.10. The molecule has 6 nitrogen and oxygen atoms in total. The lowest BCUT2D eigenvalue weighted by molar-refractivity contribution is -0.124. The van der Waals surface area contributed by atoms with E-state index < -0.39 is 5.97 Å². The SMILES string of the molecule is Cc1oc(-c2ccccc2)nc1C(=O)OCC(=O)N[C@@H](C)c1cccs1. The highest BCUT2D eigenvalue weighted by Gasteiger charge is 2.21. The predicted octanol–water partition coefficient (Wildman–Crippen LogP) is 3.75. The van der Waals surface area contributed by atoms with Crippen molar-refractivity contribution < 1.29 is 18.7 Å². The molecule has 7 heteroatoms. The van der Waals surface area contributed by atoms with Gasteiger partial charge in [0.25, 0.3) is 5.91 Å². The molecule has 0 fully saturated rings. The molecule has 0 radical (unpaired) electrons. The van der Waals surface area contributed by atoms with Crippen molar-refractivity contribution in [2.24, 2.45) is 0 Å². The van der Waals surface area contributed by atoms with Crippen LogP contribution in [0, 0.1) is 6.92 Å². The maximum atomic E-state index is 12.2. The van der Waals surface area contributed by atoms with E-state index in [2.05, 4.69) is 10.3 Å². The summed E-state index contributed by atoms with van der Waals surface area (Å²) in [4.78, 5) is 29.4. The molecular weight excluding hydrogens is 352 g/mol. The van der Waals surface area contributed by atoms with Crippen LogP contribution in [0.1, 0.15) is 34.1 Å². The summed E-state index contributed by atoms with van der Waals surface area (Å²) in [5, 5.41) is 4.73. The Hall–Kier alpha value is -2.93. The number of carbonyl (C=O) groups is 2.